The summed E-state index contributed by atoms with van der Waals surface area (Å²) in [5.41, 5.74) is 0. The Morgan fingerprint density at radius 1 is 1.24 bits per heavy atom. The van der Waals surface area contributed by atoms with Crippen molar-refractivity contribution in [1.82, 2.24) is 10.2 Å². The molecule has 1 saturated heterocycles. The topological polar surface area (TPSA) is 24.5 Å². The zero-order valence-electron chi connectivity index (χ0n) is 14.6. The Morgan fingerprint density at radius 3 is 2.67 bits per heavy atom. The molecule has 3 nitrogen and oxygen atoms in total. The van der Waals surface area contributed by atoms with Gasteiger partial charge in [-0.15, -0.1) is 0 Å². The standard InChI is InChI=1S/C18H36N2O/c1-5-10-19-17-9-8-15(14(2)3)12-18(17)20(4)13-16-7-6-11-21-16/h14-19H,5-13H2,1-4H3. The fraction of sp³-hybridized carbons (Fsp3) is 1.00. The Labute approximate surface area is 131 Å². The zero-order chi connectivity index (χ0) is 15.2. The predicted octanol–water partition coefficient (Wildman–Crippen LogP) is 3.29. The van der Waals surface area contributed by atoms with Gasteiger partial charge in [-0.3, -0.25) is 4.90 Å². The first-order chi connectivity index (χ1) is 10.1. The molecule has 124 valence electrons. The highest BCUT2D eigenvalue weighted by Gasteiger charge is 2.34. The smallest absolute Gasteiger partial charge is 0.0702 e. The van der Waals surface area contributed by atoms with Crippen molar-refractivity contribution < 1.29 is 4.74 Å². The zero-order valence-corrected chi connectivity index (χ0v) is 14.6. The van der Waals surface area contributed by atoms with Gasteiger partial charge in [-0.1, -0.05) is 20.8 Å². The van der Waals surface area contributed by atoms with Gasteiger partial charge in [-0.2, -0.15) is 0 Å². The van der Waals surface area contributed by atoms with Gasteiger partial charge in [0.25, 0.3) is 0 Å². The number of hydrogen-bond acceptors (Lipinski definition) is 3. The van der Waals surface area contributed by atoms with Crippen molar-refractivity contribution in [2.45, 2.75) is 77.5 Å². The van der Waals surface area contributed by atoms with E-state index in [0.717, 1.165) is 31.5 Å². The molecule has 21 heavy (non-hydrogen) atoms. The Morgan fingerprint density at radius 2 is 2.05 bits per heavy atom. The van der Waals surface area contributed by atoms with Crippen LogP contribution in [0.25, 0.3) is 0 Å². The first kappa shape index (κ1) is 17.2. The Hall–Kier alpha value is -0.120. The van der Waals surface area contributed by atoms with E-state index >= 15 is 0 Å². The summed E-state index contributed by atoms with van der Waals surface area (Å²) in [7, 11) is 2.32. The van der Waals surface area contributed by atoms with E-state index in [0.29, 0.717) is 18.2 Å². The molecule has 1 saturated carbocycles. The lowest BCUT2D eigenvalue weighted by Gasteiger charge is -2.43. The Kier molecular flexibility index (Phi) is 6.97. The maximum Gasteiger partial charge on any atom is 0.0702 e. The van der Waals surface area contributed by atoms with Crippen molar-refractivity contribution in [3.8, 4) is 0 Å². The van der Waals surface area contributed by atoms with Gasteiger partial charge in [0.05, 0.1) is 6.10 Å². The molecule has 0 radical (unpaired) electrons. The molecule has 0 aromatic carbocycles. The van der Waals surface area contributed by atoms with Crippen LogP contribution in [0.5, 0.6) is 0 Å². The Bertz CT molecular complexity index is 289. The maximum atomic E-state index is 5.84. The molecule has 2 fully saturated rings. The molecule has 4 atom stereocenters. The van der Waals surface area contributed by atoms with Crippen molar-refractivity contribution >= 4 is 0 Å². The molecule has 2 aliphatic rings. The average molecular weight is 296 g/mol. The minimum Gasteiger partial charge on any atom is -0.377 e. The van der Waals surface area contributed by atoms with Gasteiger partial charge in [0, 0.05) is 25.2 Å². The SMILES string of the molecule is CCCNC1CCC(C(C)C)CC1N(C)CC1CCCO1. The van der Waals surface area contributed by atoms with E-state index in [4.69, 9.17) is 4.74 Å². The van der Waals surface area contributed by atoms with Crippen LogP contribution < -0.4 is 5.32 Å². The highest BCUT2D eigenvalue weighted by atomic mass is 16.5. The van der Waals surface area contributed by atoms with Gasteiger partial charge in [0.2, 0.25) is 0 Å². The summed E-state index contributed by atoms with van der Waals surface area (Å²) < 4.78 is 5.84. The normalized spacial score (nSPS) is 34.0. The van der Waals surface area contributed by atoms with E-state index in [1.807, 2.05) is 0 Å². The van der Waals surface area contributed by atoms with E-state index < -0.39 is 0 Å². The maximum absolute atomic E-state index is 5.84. The van der Waals surface area contributed by atoms with Crippen molar-refractivity contribution in [3.05, 3.63) is 0 Å². The lowest BCUT2D eigenvalue weighted by Crippen LogP contribution is -2.54. The number of nitrogens with one attached hydrogen (secondary N) is 1. The second-order valence-electron chi connectivity index (χ2n) is 7.52. The second kappa shape index (κ2) is 8.50. The summed E-state index contributed by atoms with van der Waals surface area (Å²) >= 11 is 0. The van der Waals surface area contributed by atoms with E-state index in [-0.39, 0.29) is 0 Å². The molecular formula is C18H36N2O. The molecule has 0 bridgehead atoms. The fourth-order valence-corrected chi connectivity index (χ4v) is 4.08. The van der Waals surface area contributed by atoms with Gasteiger partial charge in [-0.05, 0) is 64.0 Å². The van der Waals surface area contributed by atoms with Gasteiger partial charge in [0.15, 0.2) is 0 Å². The summed E-state index contributed by atoms with van der Waals surface area (Å²) in [6.45, 7) is 10.3. The first-order valence-electron chi connectivity index (χ1n) is 9.17. The Balaban J connectivity index is 1.93. The van der Waals surface area contributed by atoms with Crippen LogP contribution in [0.3, 0.4) is 0 Å². The third-order valence-corrected chi connectivity index (χ3v) is 5.54. The summed E-state index contributed by atoms with van der Waals surface area (Å²) in [5.74, 6) is 1.71. The third-order valence-electron chi connectivity index (χ3n) is 5.54. The summed E-state index contributed by atoms with van der Waals surface area (Å²) in [6, 6.07) is 1.35. The molecule has 1 aliphatic carbocycles. The van der Waals surface area contributed by atoms with Crippen LogP contribution in [0.15, 0.2) is 0 Å². The largest absolute Gasteiger partial charge is 0.377 e. The van der Waals surface area contributed by atoms with Crippen LogP contribution in [0.1, 0.15) is 59.3 Å². The highest BCUT2D eigenvalue weighted by molar-refractivity contribution is 4.92. The summed E-state index contributed by atoms with van der Waals surface area (Å²) in [6.07, 6.45) is 8.27. The first-order valence-corrected chi connectivity index (χ1v) is 9.17. The van der Waals surface area contributed by atoms with Gasteiger partial charge >= 0.3 is 0 Å². The van der Waals surface area contributed by atoms with Crippen molar-refractivity contribution in [1.29, 1.82) is 0 Å². The van der Waals surface area contributed by atoms with E-state index in [1.165, 1.54) is 38.5 Å². The third kappa shape index (κ3) is 4.94. The molecule has 0 aromatic rings. The van der Waals surface area contributed by atoms with Gasteiger partial charge < -0.3 is 10.1 Å². The van der Waals surface area contributed by atoms with Crippen LogP contribution in [-0.2, 0) is 4.74 Å². The number of hydrogen-bond donors (Lipinski definition) is 1. The fourth-order valence-electron chi connectivity index (χ4n) is 4.08. The average Bonchev–Trinajstić information content (AvgIpc) is 2.97. The van der Waals surface area contributed by atoms with Crippen LogP contribution >= 0.6 is 0 Å². The number of nitrogens with zero attached hydrogens (tertiary/aromatic N) is 1. The molecule has 3 heteroatoms. The predicted molar refractivity (Wildman–Crippen MR) is 89.7 cm³/mol. The second-order valence-corrected chi connectivity index (χ2v) is 7.52. The molecule has 0 amide bonds. The lowest BCUT2D eigenvalue weighted by molar-refractivity contribution is 0.0399. The van der Waals surface area contributed by atoms with Crippen molar-refractivity contribution in [2.75, 3.05) is 26.7 Å². The summed E-state index contributed by atoms with van der Waals surface area (Å²) in [5, 5.41) is 3.80. The lowest BCUT2D eigenvalue weighted by atomic mass is 9.76. The monoisotopic (exact) mass is 296 g/mol. The minimum absolute atomic E-state index is 0.473. The number of ether oxygens (including phenoxy) is 1. The van der Waals surface area contributed by atoms with Crippen molar-refractivity contribution in [3.63, 3.8) is 0 Å². The molecule has 2 rings (SSSR count). The quantitative estimate of drug-likeness (QED) is 0.780. The van der Waals surface area contributed by atoms with Gasteiger partial charge in [0.1, 0.15) is 0 Å². The number of likely N-dealkylation sites (N-methyl/N-ethyl adjacent to an activating group) is 1. The molecular weight excluding hydrogens is 260 g/mol. The molecule has 4 unspecified atom stereocenters. The molecule has 1 N–H and O–H groups in total. The molecule has 0 aromatic heterocycles. The highest BCUT2D eigenvalue weighted by Crippen LogP contribution is 2.33. The minimum atomic E-state index is 0.473. The van der Waals surface area contributed by atoms with E-state index in [9.17, 15) is 0 Å². The molecule has 1 heterocycles. The van der Waals surface area contributed by atoms with Crippen LogP contribution in [0.2, 0.25) is 0 Å². The van der Waals surface area contributed by atoms with E-state index in [1.54, 1.807) is 0 Å². The number of rotatable bonds is 7. The summed E-state index contributed by atoms with van der Waals surface area (Å²) in [4.78, 5) is 2.60. The molecule has 1 aliphatic heterocycles. The van der Waals surface area contributed by atoms with Gasteiger partial charge in [-0.25, -0.2) is 0 Å². The van der Waals surface area contributed by atoms with Crippen LogP contribution in [-0.4, -0.2) is 49.8 Å². The van der Waals surface area contributed by atoms with Crippen LogP contribution in [0, 0.1) is 11.8 Å². The van der Waals surface area contributed by atoms with Crippen molar-refractivity contribution in [2.24, 2.45) is 11.8 Å². The molecule has 0 spiro atoms. The van der Waals surface area contributed by atoms with Crippen LogP contribution in [0.4, 0.5) is 0 Å². The van der Waals surface area contributed by atoms with E-state index in [2.05, 4.69) is 38.0 Å².